The molecule has 0 aliphatic rings. The van der Waals surface area contributed by atoms with E-state index in [1.807, 2.05) is 13.8 Å². The van der Waals surface area contributed by atoms with Crippen molar-refractivity contribution in [2.45, 2.75) is 58.3 Å². The Kier molecular flexibility index (Phi) is 10.1. The standard InChI is InChI=1S/C15H28N4O5S/c1-7(2)5-11(14(22)18-9(4)15(23)24)19-12(20)8(3)17-13(21)10(16)6-25/h7-11,25H,5-6,16H2,1-4H3,(H,17,21)(H,18,22)(H,19,20)(H,23,24). The monoisotopic (exact) mass is 376 g/mol. The molecular weight excluding hydrogens is 348 g/mol. The predicted octanol–water partition coefficient (Wildman–Crippen LogP) is -1.13. The predicted molar refractivity (Wildman–Crippen MR) is 96.1 cm³/mol. The van der Waals surface area contributed by atoms with E-state index >= 15 is 0 Å². The summed E-state index contributed by atoms with van der Waals surface area (Å²) in [5, 5.41) is 16.2. The van der Waals surface area contributed by atoms with Gasteiger partial charge in [0.05, 0.1) is 6.04 Å². The molecule has 144 valence electrons. The van der Waals surface area contributed by atoms with E-state index in [0.29, 0.717) is 6.42 Å². The highest BCUT2D eigenvalue weighted by Crippen LogP contribution is 2.06. The first kappa shape index (κ1) is 23.2. The largest absolute Gasteiger partial charge is 0.480 e. The fraction of sp³-hybridized carbons (Fsp3) is 0.733. The first-order chi connectivity index (χ1) is 11.5. The second-order valence-electron chi connectivity index (χ2n) is 6.28. The van der Waals surface area contributed by atoms with Crippen LogP contribution in [0.1, 0.15) is 34.1 Å². The topological polar surface area (TPSA) is 151 Å². The van der Waals surface area contributed by atoms with E-state index < -0.39 is 47.9 Å². The van der Waals surface area contributed by atoms with E-state index in [-0.39, 0.29) is 11.7 Å². The lowest BCUT2D eigenvalue weighted by atomic mass is 10.0. The van der Waals surface area contributed by atoms with Gasteiger partial charge in [-0.1, -0.05) is 13.8 Å². The number of carboxylic acid groups (broad SMARTS) is 1. The fourth-order valence-electron chi connectivity index (χ4n) is 1.84. The van der Waals surface area contributed by atoms with Gasteiger partial charge in [0.2, 0.25) is 17.7 Å². The van der Waals surface area contributed by atoms with Crippen LogP contribution in [0.4, 0.5) is 0 Å². The lowest BCUT2D eigenvalue weighted by Crippen LogP contribution is -2.56. The van der Waals surface area contributed by atoms with Crippen LogP contribution in [0.25, 0.3) is 0 Å². The molecule has 0 heterocycles. The Labute approximate surface area is 152 Å². The zero-order valence-corrected chi connectivity index (χ0v) is 15.8. The van der Waals surface area contributed by atoms with Crippen LogP contribution in [0.15, 0.2) is 0 Å². The number of nitrogens with one attached hydrogen (secondary N) is 3. The maximum Gasteiger partial charge on any atom is 0.325 e. The Morgan fingerprint density at radius 3 is 1.88 bits per heavy atom. The van der Waals surface area contributed by atoms with Crippen LogP contribution in [-0.4, -0.2) is 58.7 Å². The van der Waals surface area contributed by atoms with Crippen molar-refractivity contribution < 1.29 is 24.3 Å². The maximum absolute atomic E-state index is 12.2. The van der Waals surface area contributed by atoms with Crippen molar-refractivity contribution in [1.82, 2.24) is 16.0 Å². The van der Waals surface area contributed by atoms with E-state index in [1.54, 1.807) is 0 Å². The Bertz CT molecular complexity index is 500. The Hall–Kier alpha value is -1.81. The van der Waals surface area contributed by atoms with Crippen molar-refractivity contribution in [2.75, 3.05) is 5.75 Å². The first-order valence-corrected chi connectivity index (χ1v) is 8.63. The molecule has 0 fully saturated rings. The van der Waals surface area contributed by atoms with E-state index in [4.69, 9.17) is 10.8 Å². The van der Waals surface area contributed by atoms with Crippen LogP contribution in [0.3, 0.4) is 0 Å². The van der Waals surface area contributed by atoms with Gasteiger partial charge in [0, 0.05) is 5.75 Å². The molecule has 0 saturated heterocycles. The molecule has 0 aromatic heterocycles. The fourth-order valence-corrected chi connectivity index (χ4v) is 2.01. The highest BCUT2D eigenvalue weighted by atomic mass is 32.1. The van der Waals surface area contributed by atoms with Crippen molar-refractivity contribution in [3.8, 4) is 0 Å². The molecule has 25 heavy (non-hydrogen) atoms. The minimum atomic E-state index is -1.18. The molecule has 0 aliphatic carbocycles. The zero-order chi connectivity index (χ0) is 19.7. The maximum atomic E-state index is 12.2. The quantitative estimate of drug-likeness (QED) is 0.266. The number of hydrogen-bond donors (Lipinski definition) is 6. The molecule has 9 nitrogen and oxygen atoms in total. The van der Waals surface area contributed by atoms with Gasteiger partial charge in [0.15, 0.2) is 0 Å². The molecule has 0 aromatic carbocycles. The van der Waals surface area contributed by atoms with E-state index in [9.17, 15) is 19.2 Å². The van der Waals surface area contributed by atoms with Crippen molar-refractivity contribution in [2.24, 2.45) is 11.7 Å². The van der Waals surface area contributed by atoms with Gasteiger partial charge in [-0.3, -0.25) is 19.2 Å². The average Bonchev–Trinajstić information content (AvgIpc) is 2.52. The van der Waals surface area contributed by atoms with Crippen LogP contribution in [-0.2, 0) is 19.2 Å². The summed E-state index contributed by atoms with van der Waals surface area (Å²) in [5.41, 5.74) is 5.52. The van der Waals surface area contributed by atoms with Gasteiger partial charge in [0.1, 0.15) is 18.1 Å². The summed E-state index contributed by atoms with van der Waals surface area (Å²) >= 11 is 3.91. The van der Waals surface area contributed by atoms with Crippen LogP contribution in [0, 0.1) is 5.92 Å². The third-order valence-corrected chi connectivity index (χ3v) is 3.75. The van der Waals surface area contributed by atoms with Crippen LogP contribution in [0.5, 0.6) is 0 Å². The lowest BCUT2D eigenvalue weighted by Gasteiger charge is -2.24. The van der Waals surface area contributed by atoms with Gasteiger partial charge in [-0.25, -0.2) is 0 Å². The summed E-state index contributed by atoms with van der Waals surface area (Å²) in [6, 6.07) is -3.74. The number of carbonyl (C=O) groups is 4. The van der Waals surface area contributed by atoms with E-state index in [2.05, 4.69) is 28.6 Å². The zero-order valence-electron chi connectivity index (χ0n) is 14.9. The summed E-state index contributed by atoms with van der Waals surface area (Å²) < 4.78 is 0. The van der Waals surface area contributed by atoms with Crippen molar-refractivity contribution >= 4 is 36.3 Å². The summed E-state index contributed by atoms with van der Waals surface area (Å²) in [4.78, 5) is 47.0. The van der Waals surface area contributed by atoms with Crippen LogP contribution >= 0.6 is 12.6 Å². The van der Waals surface area contributed by atoms with Crippen molar-refractivity contribution in [1.29, 1.82) is 0 Å². The Morgan fingerprint density at radius 1 is 0.920 bits per heavy atom. The SMILES string of the molecule is CC(C)CC(NC(=O)C(C)NC(=O)C(N)CS)C(=O)NC(C)C(=O)O. The van der Waals surface area contributed by atoms with Gasteiger partial charge in [0.25, 0.3) is 0 Å². The Morgan fingerprint density at radius 2 is 1.44 bits per heavy atom. The van der Waals surface area contributed by atoms with E-state index in [1.165, 1.54) is 13.8 Å². The second-order valence-corrected chi connectivity index (χ2v) is 6.64. The molecule has 4 atom stereocenters. The Balaban J connectivity index is 4.89. The number of rotatable bonds is 10. The third-order valence-electron chi connectivity index (χ3n) is 3.35. The molecular formula is C15H28N4O5S. The summed E-state index contributed by atoms with van der Waals surface area (Å²) in [5.74, 6) is -2.65. The number of carboxylic acids is 1. The first-order valence-electron chi connectivity index (χ1n) is 7.99. The molecule has 3 amide bonds. The van der Waals surface area contributed by atoms with Crippen LogP contribution < -0.4 is 21.7 Å². The summed E-state index contributed by atoms with van der Waals surface area (Å²) in [6.07, 6.45) is 0.320. The molecule has 0 rings (SSSR count). The molecule has 0 aliphatic heterocycles. The molecule has 0 radical (unpaired) electrons. The molecule has 6 N–H and O–H groups in total. The molecule has 0 spiro atoms. The lowest BCUT2D eigenvalue weighted by molar-refractivity contribution is -0.141. The number of carbonyl (C=O) groups excluding carboxylic acids is 3. The van der Waals surface area contributed by atoms with Crippen molar-refractivity contribution in [3.63, 3.8) is 0 Å². The minimum absolute atomic E-state index is 0.0821. The molecule has 10 heteroatoms. The third kappa shape index (κ3) is 8.73. The minimum Gasteiger partial charge on any atom is -0.480 e. The van der Waals surface area contributed by atoms with Gasteiger partial charge < -0.3 is 26.8 Å². The summed E-state index contributed by atoms with van der Waals surface area (Å²) in [6.45, 7) is 6.52. The smallest absolute Gasteiger partial charge is 0.325 e. The average molecular weight is 376 g/mol. The molecule has 4 unspecified atom stereocenters. The molecule has 0 bridgehead atoms. The van der Waals surface area contributed by atoms with Crippen molar-refractivity contribution in [3.05, 3.63) is 0 Å². The van der Waals surface area contributed by atoms with Gasteiger partial charge >= 0.3 is 5.97 Å². The highest BCUT2D eigenvalue weighted by Gasteiger charge is 2.27. The number of amides is 3. The van der Waals surface area contributed by atoms with Gasteiger partial charge in [-0.2, -0.15) is 12.6 Å². The van der Waals surface area contributed by atoms with Gasteiger partial charge in [-0.15, -0.1) is 0 Å². The normalized spacial score (nSPS) is 15.6. The number of aliphatic carboxylic acids is 1. The summed E-state index contributed by atoms with van der Waals surface area (Å²) in [7, 11) is 0. The molecule has 0 saturated carbocycles. The number of thiol groups is 1. The van der Waals surface area contributed by atoms with Gasteiger partial charge in [-0.05, 0) is 26.2 Å². The number of nitrogens with two attached hydrogens (primary N) is 1. The molecule has 0 aromatic rings. The van der Waals surface area contributed by atoms with E-state index in [0.717, 1.165) is 0 Å². The number of hydrogen-bond acceptors (Lipinski definition) is 6. The second kappa shape index (κ2) is 10.9. The van der Waals surface area contributed by atoms with Crippen LogP contribution in [0.2, 0.25) is 0 Å². The highest BCUT2D eigenvalue weighted by molar-refractivity contribution is 7.80.